The molecule has 0 saturated carbocycles. The van der Waals surface area contributed by atoms with Gasteiger partial charge in [0, 0.05) is 30.3 Å². The standard InChI is InChI=1S/C13H18FN3OS/c1-8(2)17-12(18)5-6-16-11-4-3-9(14)7-10(11)13(15)19/h3-4,7-8,16H,5-6H2,1-2H3,(H2,15,19)(H,17,18). The molecule has 19 heavy (non-hydrogen) atoms. The average Bonchev–Trinajstić information content (AvgIpc) is 2.29. The van der Waals surface area contributed by atoms with E-state index >= 15 is 0 Å². The van der Waals surface area contributed by atoms with E-state index in [0.29, 0.717) is 24.2 Å². The molecule has 0 aromatic heterocycles. The number of carbonyl (C=O) groups is 1. The van der Waals surface area contributed by atoms with E-state index in [1.165, 1.54) is 12.1 Å². The van der Waals surface area contributed by atoms with Crippen molar-refractivity contribution >= 4 is 28.8 Å². The van der Waals surface area contributed by atoms with Crippen molar-refractivity contribution in [3.8, 4) is 0 Å². The second-order valence-corrected chi connectivity index (χ2v) is 4.89. The molecule has 0 saturated heterocycles. The number of hydrogen-bond acceptors (Lipinski definition) is 3. The predicted octanol–water partition coefficient (Wildman–Crippen LogP) is 1.79. The summed E-state index contributed by atoms with van der Waals surface area (Å²) < 4.78 is 13.1. The summed E-state index contributed by atoms with van der Waals surface area (Å²) in [6, 6.07) is 4.27. The zero-order chi connectivity index (χ0) is 14.4. The lowest BCUT2D eigenvalue weighted by Crippen LogP contribution is -2.31. The first-order chi connectivity index (χ1) is 8.90. The maximum Gasteiger partial charge on any atom is 0.221 e. The summed E-state index contributed by atoms with van der Waals surface area (Å²) in [6.07, 6.45) is 0.326. The third kappa shape index (κ3) is 5.21. The lowest BCUT2D eigenvalue weighted by atomic mass is 10.1. The summed E-state index contributed by atoms with van der Waals surface area (Å²) in [7, 11) is 0. The first kappa shape index (κ1) is 15.4. The van der Waals surface area contributed by atoms with Crippen LogP contribution in [0.15, 0.2) is 18.2 Å². The van der Waals surface area contributed by atoms with Gasteiger partial charge in [-0.05, 0) is 32.0 Å². The Bertz CT molecular complexity index is 477. The number of rotatable bonds is 6. The summed E-state index contributed by atoms with van der Waals surface area (Å²) in [5, 5.41) is 5.82. The molecule has 0 bridgehead atoms. The van der Waals surface area contributed by atoms with E-state index in [-0.39, 0.29) is 16.9 Å². The zero-order valence-electron chi connectivity index (χ0n) is 11.0. The molecule has 1 aromatic rings. The first-order valence-corrected chi connectivity index (χ1v) is 6.43. The minimum absolute atomic E-state index is 0.0403. The highest BCUT2D eigenvalue weighted by Gasteiger charge is 2.08. The topological polar surface area (TPSA) is 67.2 Å². The van der Waals surface area contributed by atoms with Crippen molar-refractivity contribution in [3.63, 3.8) is 0 Å². The Morgan fingerprint density at radius 1 is 1.47 bits per heavy atom. The minimum Gasteiger partial charge on any atom is -0.389 e. The molecule has 0 unspecified atom stereocenters. The van der Waals surface area contributed by atoms with Crippen molar-refractivity contribution in [3.05, 3.63) is 29.6 Å². The number of anilines is 1. The molecule has 0 aliphatic heterocycles. The summed E-state index contributed by atoms with van der Waals surface area (Å²) >= 11 is 4.86. The van der Waals surface area contributed by atoms with E-state index in [1.807, 2.05) is 13.8 Å². The fraction of sp³-hybridized carbons (Fsp3) is 0.385. The van der Waals surface area contributed by atoms with Crippen molar-refractivity contribution in [2.24, 2.45) is 5.73 Å². The molecule has 0 radical (unpaired) electrons. The van der Waals surface area contributed by atoms with Crippen LogP contribution in [0, 0.1) is 5.82 Å². The molecule has 0 fully saturated rings. The Hall–Kier alpha value is -1.69. The fourth-order valence-corrected chi connectivity index (χ4v) is 1.75. The molecule has 4 N–H and O–H groups in total. The van der Waals surface area contributed by atoms with Gasteiger partial charge in [0.15, 0.2) is 0 Å². The molecular formula is C13H18FN3OS. The number of hydrogen-bond donors (Lipinski definition) is 3. The van der Waals surface area contributed by atoms with Crippen molar-refractivity contribution in [2.45, 2.75) is 26.3 Å². The number of nitrogens with two attached hydrogens (primary N) is 1. The van der Waals surface area contributed by atoms with Crippen molar-refractivity contribution in [1.29, 1.82) is 0 Å². The summed E-state index contributed by atoms with van der Waals surface area (Å²) in [4.78, 5) is 11.6. The Morgan fingerprint density at radius 2 is 2.16 bits per heavy atom. The molecule has 0 aliphatic rings. The molecule has 104 valence electrons. The second-order valence-electron chi connectivity index (χ2n) is 4.45. The van der Waals surface area contributed by atoms with Crippen LogP contribution < -0.4 is 16.4 Å². The van der Waals surface area contributed by atoms with Gasteiger partial charge in [-0.25, -0.2) is 4.39 Å². The minimum atomic E-state index is -0.397. The van der Waals surface area contributed by atoms with E-state index in [4.69, 9.17) is 18.0 Å². The van der Waals surface area contributed by atoms with Crippen molar-refractivity contribution < 1.29 is 9.18 Å². The van der Waals surface area contributed by atoms with Crippen LogP contribution in [-0.2, 0) is 4.79 Å². The molecule has 6 heteroatoms. The smallest absolute Gasteiger partial charge is 0.221 e. The highest BCUT2D eigenvalue weighted by atomic mass is 32.1. The normalized spacial score (nSPS) is 10.3. The number of benzene rings is 1. The lowest BCUT2D eigenvalue weighted by molar-refractivity contribution is -0.121. The van der Waals surface area contributed by atoms with Gasteiger partial charge >= 0.3 is 0 Å². The van der Waals surface area contributed by atoms with Crippen LogP contribution in [0.2, 0.25) is 0 Å². The van der Waals surface area contributed by atoms with Gasteiger partial charge < -0.3 is 16.4 Å². The molecule has 1 amide bonds. The van der Waals surface area contributed by atoms with Crippen molar-refractivity contribution in [2.75, 3.05) is 11.9 Å². The van der Waals surface area contributed by atoms with Gasteiger partial charge in [-0.1, -0.05) is 12.2 Å². The van der Waals surface area contributed by atoms with Gasteiger partial charge in [0.05, 0.1) is 0 Å². The summed E-state index contributed by atoms with van der Waals surface area (Å²) in [6.45, 7) is 4.23. The molecular weight excluding hydrogens is 265 g/mol. The molecule has 0 heterocycles. The van der Waals surface area contributed by atoms with Crippen LogP contribution in [0.25, 0.3) is 0 Å². The predicted molar refractivity (Wildman–Crippen MR) is 78.7 cm³/mol. The Kier molecular flexibility index (Phi) is 5.69. The molecule has 1 aromatic carbocycles. The van der Waals surface area contributed by atoms with E-state index < -0.39 is 5.82 Å². The molecule has 0 spiro atoms. The number of thiocarbonyl (C=S) groups is 1. The van der Waals surface area contributed by atoms with Crippen LogP contribution >= 0.6 is 12.2 Å². The third-order valence-corrected chi connectivity index (χ3v) is 2.58. The highest BCUT2D eigenvalue weighted by Crippen LogP contribution is 2.16. The number of carbonyl (C=O) groups excluding carboxylic acids is 1. The lowest BCUT2D eigenvalue weighted by Gasteiger charge is -2.12. The molecule has 4 nitrogen and oxygen atoms in total. The third-order valence-electron chi connectivity index (χ3n) is 2.36. The maximum atomic E-state index is 13.1. The molecule has 0 atom stereocenters. The van der Waals surface area contributed by atoms with Gasteiger partial charge in [0.25, 0.3) is 0 Å². The van der Waals surface area contributed by atoms with Gasteiger partial charge in [0.1, 0.15) is 10.8 Å². The van der Waals surface area contributed by atoms with Crippen LogP contribution in [0.5, 0.6) is 0 Å². The van der Waals surface area contributed by atoms with E-state index in [2.05, 4.69) is 10.6 Å². The quantitative estimate of drug-likeness (QED) is 0.696. The van der Waals surface area contributed by atoms with Gasteiger partial charge in [0.2, 0.25) is 5.91 Å². The Labute approximate surface area is 117 Å². The van der Waals surface area contributed by atoms with Crippen LogP contribution in [0.4, 0.5) is 10.1 Å². The van der Waals surface area contributed by atoms with E-state index in [0.717, 1.165) is 0 Å². The monoisotopic (exact) mass is 283 g/mol. The van der Waals surface area contributed by atoms with Gasteiger partial charge in [-0.15, -0.1) is 0 Å². The SMILES string of the molecule is CC(C)NC(=O)CCNc1ccc(F)cc1C(N)=S. The summed E-state index contributed by atoms with van der Waals surface area (Å²) in [5.41, 5.74) is 6.60. The van der Waals surface area contributed by atoms with Gasteiger partial charge in [-0.2, -0.15) is 0 Å². The van der Waals surface area contributed by atoms with E-state index in [9.17, 15) is 9.18 Å². The fourth-order valence-electron chi connectivity index (χ4n) is 1.58. The van der Waals surface area contributed by atoms with Crippen LogP contribution in [0.1, 0.15) is 25.8 Å². The average molecular weight is 283 g/mol. The highest BCUT2D eigenvalue weighted by molar-refractivity contribution is 7.80. The number of amides is 1. The molecule has 1 rings (SSSR count). The van der Waals surface area contributed by atoms with E-state index in [1.54, 1.807) is 6.07 Å². The number of nitrogens with one attached hydrogen (secondary N) is 2. The van der Waals surface area contributed by atoms with Gasteiger partial charge in [-0.3, -0.25) is 4.79 Å². The second kappa shape index (κ2) is 7.04. The molecule has 0 aliphatic carbocycles. The maximum absolute atomic E-state index is 13.1. The Morgan fingerprint density at radius 3 is 2.74 bits per heavy atom. The largest absolute Gasteiger partial charge is 0.389 e. The van der Waals surface area contributed by atoms with Crippen LogP contribution in [0.3, 0.4) is 0 Å². The van der Waals surface area contributed by atoms with Crippen LogP contribution in [-0.4, -0.2) is 23.5 Å². The summed E-state index contributed by atoms with van der Waals surface area (Å²) in [5.74, 6) is -0.438. The zero-order valence-corrected chi connectivity index (χ0v) is 11.8. The first-order valence-electron chi connectivity index (χ1n) is 6.02. The number of halogens is 1. The Balaban J connectivity index is 2.58. The van der Waals surface area contributed by atoms with Crippen molar-refractivity contribution in [1.82, 2.24) is 5.32 Å².